The van der Waals surface area contributed by atoms with E-state index in [0.29, 0.717) is 5.89 Å². The van der Waals surface area contributed by atoms with Crippen LogP contribution in [0.2, 0.25) is 0 Å². The van der Waals surface area contributed by atoms with Crippen molar-refractivity contribution in [1.29, 1.82) is 0 Å². The molecule has 0 radical (unpaired) electrons. The number of piperidine rings is 1. The molecule has 148 valence electrons. The van der Waals surface area contributed by atoms with Crippen LogP contribution in [0.4, 0.5) is 5.95 Å². The summed E-state index contributed by atoms with van der Waals surface area (Å²) in [4.78, 5) is 6.87. The minimum absolute atomic E-state index is 0.0131. The molecule has 1 saturated heterocycles. The van der Waals surface area contributed by atoms with E-state index in [2.05, 4.69) is 62.7 Å². The average molecular weight is 399 g/mol. The third kappa shape index (κ3) is 3.92. The second-order valence-corrected chi connectivity index (χ2v) is 8.71. The molecule has 0 spiro atoms. The van der Waals surface area contributed by atoms with Crippen LogP contribution in [-0.4, -0.2) is 38.0 Å². The lowest BCUT2D eigenvalue weighted by Gasteiger charge is -2.27. The molecule has 8 heteroatoms. The second-order valence-electron chi connectivity index (χ2n) is 7.41. The molecule has 28 heavy (non-hydrogen) atoms. The van der Waals surface area contributed by atoms with E-state index in [1.165, 1.54) is 19.3 Å². The molecule has 3 heterocycles. The standard InChI is InChI=1S/C20H26N6OS/c1-14(2)17-21-18(27-24-17)15(3)28-20-23-22-19(25-12-8-5-9-13-25)26(20)16-10-6-4-7-11-16/h4,6-7,10-11,14-15H,5,8-9,12-13H2,1-3H3/t15-/m1/s1. The maximum atomic E-state index is 5.48. The van der Waals surface area contributed by atoms with E-state index in [9.17, 15) is 0 Å². The fraction of sp³-hybridized carbons (Fsp3) is 0.500. The smallest absolute Gasteiger partial charge is 0.239 e. The van der Waals surface area contributed by atoms with E-state index in [0.717, 1.165) is 35.7 Å². The third-order valence-electron chi connectivity index (χ3n) is 4.87. The zero-order chi connectivity index (χ0) is 19.5. The first-order valence-corrected chi connectivity index (χ1v) is 10.8. The van der Waals surface area contributed by atoms with E-state index in [1.807, 2.05) is 18.2 Å². The molecule has 0 bridgehead atoms. The van der Waals surface area contributed by atoms with Crippen molar-refractivity contribution in [1.82, 2.24) is 24.9 Å². The highest BCUT2D eigenvalue weighted by molar-refractivity contribution is 7.99. The Morgan fingerprint density at radius 1 is 1.00 bits per heavy atom. The summed E-state index contributed by atoms with van der Waals surface area (Å²) in [6.07, 6.45) is 3.67. The van der Waals surface area contributed by atoms with Crippen LogP contribution in [0, 0.1) is 0 Å². The average Bonchev–Trinajstić information content (AvgIpc) is 3.37. The normalized spacial score (nSPS) is 15.9. The zero-order valence-corrected chi connectivity index (χ0v) is 17.4. The molecule has 0 amide bonds. The topological polar surface area (TPSA) is 72.9 Å². The van der Waals surface area contributed by atoms with Gasteiger partial charge in [-0.1, -0.05) is 49.0 Å². The summed E-state index contributed by atoms with van der Waals surface area (Å²) < 4.78 is 7.62. The number of hydrogen-bond acceptors (Lipinski definition) is 7. The molecular formula is C20H26N6OS. The van der Waals surface area contributed by atoms with Crippen LogP contribution in [0.15, 0.2) is 40.0 Å². The van der Waals surface area contributed by atoms with Gasteiger partial charge < -0.3 is 9.42 Å². The number of thioether (sulfide) groups is 1. The maximum absolute atomic E-state index is 5.48. The van der Waals surface area contributed by atoms with E-state index in [4.69, 9.17) is 4.52 Å². The van der Waals surface area contributed by atoms with Crippen LogP contribution >= 0.6 is 11.8 Å². The molecule has 1 aliphatic rings. The van der Waals surface area contributed by atoms with Crippen molar-refractivity contribution in [2.24, 2.45) is 0 Å². The highest BCUT2D eigenvalue weighted by Gasteiger charge is 2.25. The SMILES string of the molecule is CC(C)c1noc([C@@H](C)Sc2nnc(N3CCCCC3)n2-c2ccccc2)n1. The van der Waals surface area contributed by atoms with Gasteiger partial charge in [-0.05, 0) is 38.3 Å². The predicted octanol–water partition coefficient (Wildman–Crippen LogP) is 4.62. The van der Waals surface area contributed by atoms with Gasteiger partial charge in [0.05, 0.1) is 10.9 Å². The number of hydrogen-bond donors (Lipinski definition) is 0. The van der Waals surface area contributed by atoms with Gasteiger partial charge in [-0.25, -0.2) is 0 Å². The first-order chi connectivity index (χ1) is 13.6. The highest BCUT2D eigenvalue weighted by atomic mass is 32.2. The lowest BCUT2D eigenvalue weighted by molar-refractivity contribution is 0.373. The summed E-state index contributed by atoms with van der Waals surface area (Å²) in [7, 11) is 0. The van der Waals surface area contributed by atoms with Gasteiger partial charge in [0.2, 0.25) is 11.8 Å². The van der Waals surface area contributed by atoms with Crippen molar-refractivity contribution in [2.45, 2.75) is 56.4 Å². The molecule has 3 aromatic rings. The van der Waals surface area contributed by atoms with Gasteiger partial charge in [0, 0.05) is 19.0 Å². The van der Waals surface area contributed by atoms with Crippen molar-refractivity contribution in [3.05, 3.63) is 42.0 Å². The summed E-state index contributed by atoms with van der Waals surface area (Å²) in [6, 6.07) is 10.3. The van der Waals surface area contributed by atoms with Gasteiger partial charge >= 0.3 is 0 Å². The van der Waals surface area contributed by atoms with Crippen molar-refractivity contribution in [2.75, 3.05) is 18.0 Å². The van der Waals surface area contributed by atoms with Crippen LogP contribution in [0.1, 0.15) is 62.9 Å². The molecule has 2 aromatic heterocycles. The highest BCUT2D eigenvalue weighted by Crippen LogP contribution is 2.36. The Kier molecular flexibility index (Phi) is 5.66. The molecule has 0 saturated carbocycles. The van der Waals surface area contributed by atoms with Gasteiger partial charge in [0.1, 0.15) is 0 Å². The van der Waals surface area contributed by atoms with Gasteiger partial charge in [-0.3, -0.25) is 4.57 Å². The second kappa shape index (κ2) is 8.34. The first kappa shape index (κ1) is 19.0. The Balaban J connectivity index is 1.65. The van der Waals surface area contributed by atoms with Crippen molar-refractivity contribution < 1.29 is 4.52 Å². The fourth-order valence-corrected chi connectivity index (χ4v) is 4.19. The predicted molar refractivity (Wildman–Crippen MR) is 110 cm³/mol. The fourth-order valence-electron chi connectivity index (χ4n) is 3.30. The largest absolute Gasteiger partial charge is 0.341 e. The van der Waals surface area contributed by atoms with E-state index < -0.39 is 0 Å². The molecule has 1 fully saturated rings. The minimum atomic E-state index is -0.0131. The summed E-state index contributed by atoms with van der Waals surface area (Å²) in [5, 5.41) is 14.0. The number of rotatable bonds is 6. The Bertz CT molecular complexity index is 901. The lowest BCUT2D eigenvalue weighted by atomic mass is 10.1. The van der Waals surface area contributed by atoms with Crippen LogP contribution in [0.5, 0.6) is 0 Å². The number of nitrogens with zero attached hydrogens (tertiary/aromatic N) is 6. The van der Waals surface area contributed by atoms with Crippen molar-refractivity contribution in [3.8, 4) is 5.69 Å². The van der Waals surface area contributed by atoms with Crippen molar-refractivity contribution in [3.63, 3.8) is 0 Å². The third-order valence-corrected chi connectivity index (χ3v) is 5.90. The van der Waals surface area contributed by atoms with Crippen LogP contribution in [-0.2, 0) is 0 Å². The molecule has 0 aliphatic carbocycles. The number of aromatic nitrogens is 5. The molecule has 1 aliphatic heterocycles. The Hall–Kier alpha value is -2.35. The summed E-state index contributed by atoms with van der Waals surface area (Å²) in [5.74, 6) is 2.51. The summed E-state index contributed by atoms with van der Waals surface area (Å²) >= 11 is 1.59. The van der Waals surface area contributed by atoms with E-state index in [-0.39, 0.29) is 11.2 Å². The Morgan fingerprint density at radius 2 is 1.75 bits per heavy atom. The van der Waals surface area contributed by atoms with Gasteiger partial charge in [-0.2, -0.15) is 4.98 Å². The van der Waals surface area contributed by atoms with Crippen LogP contribution in [0.25, 0.3) is 5.69 Å². The number of para-hydroxylation sites is 1. The molecule has 1 aromatic carbocycles. The monoisotopic (exact) mass is 398 g/mol. The first-order valence-electron chi connectivity index (χ1n) is 9.89. The summed E-state index contributed by atoms with van der Waals surface area (Å²) in [5.41, 5.74) is 1.07. The van der Waals surface area contributed by atoms with E-state index >= 15 is 0 Å². The van der Waals surface area contributed by atoms with Gasteiger partial charge in [0.15, 0.2) is 11.0 Å². The molecule has 1 atom stereocenters. The number of benzene rings is 1. The van der Waals surface area contributed by atoms with Gasteiger partial charge in [0.25, 0.3) is 0 Å². The van der Waals surface area contributed by atoms with Gasteiger partial charge in [-0.15, -0.1) is 10.2 Å². The molecule has 0 unspecified atom stereocenters. The minimum Gasteiger partial charge on any atom is -0.341 e. The summed E-state index contributed by atoms with van der Waals surface area (Å²) in [6.45, 7) is 8.22. The van der Waals surface area contributed by atoms with Crippen molar-refractivity contribution >= 4 is 17.7 Å². The van der Waals surface area contributed by atoms with E-state index in [1.54, 1.807) is 11.8 Å². The Morgan fingerprint density at radius 3 is 2.43 bits per heavy atom. The van der Waals surface area contributed by atoms with Crippen LogP contribution < -0.4 is 4.90 Å². The number of anilines is 1. The molecular weight excluding hydrogens is 372 g/mol. The quantitative estimate of drug-likeness (QED) is 0.561. The Labute approximate surface area is 169 Å². The molecule has 4 rings (SSSR count). The van der Waals surface area contributed by atoms with Crippen LogP contribution in [0.3, 0.4) is 0 Å². The zero-order valence-electron chi connectivity index (χ0n) is 16.6. The molecule has 7 nitrogen and oxygen atoms in total. The molecule has 0 N–H and O–H groups in total. The maximum Gasteiger partial charge on any atom is 0.239 e. The lowest BCUT2D eigenvalue weighted by Crippen LogP contribution is -2.31.